The third kappa shape index (κ3) is 3.42. The van der Waals surface area contributed by atoms with Crippen LogP contribution >= 0.6 is 15.9 Å². The molecular weight excluding hydrogens is 434 g/mol. The van der Waals surface area contributed by atoms with E-state index in [9.17, 15) is 4.79 Å². The van der Waals surface area contributed by atoms with Gasteiger partial charge >= 0.3 is 0 Å². The first-order chi connectivity index (χ1) is 14.1. The number of fused-ring (bicyclic) bond motifs is 3. The number of anilines is 1. The van der Waals surface area contributed by atoms with Crippen molar-refractivity contribution in [3.63, 3.8) is 0 Å². The molecule has 150 valence electrons. The number of carbonyl (C=O) groups is 1. The average molecular weight is 456 g/mol. The Balaban J connectivity index is 1.89. The van der Waals surface area contributed by atoms with Crippen molar-refractivity contribution in [1.29, 1.82) is 0 Å². The summed E-state index contributed by atoms with van der Waals surface area (Å²) in [6, 6.07) is 10.2. The van der Waals surface area contributed by atoms with Gasteiger partial charge in [-0.3, -0.25) is 4.79 Å². The van der Waals surface area contributed by atoms with E-state index in [2.05, 4.69) is 27.3 Å². The van der Waals surface area contributed by atoms with Gasteiger partial charge in [0.2, 0.25) is 11.7 Å². The third-order valence-electron chi connectivity index (χ3n) is 5.43. The van der Waals surface area contributed by atoms with Crippen molar-refractivity contribution in [3.05, 3.63) is 75.4 Å². The lowest BCUT2D eigenvalue weighted by Crippen LogP contribution is -2.24. The van der Waals surface area contributed by atoms with Crippen LogP contribution in [-0.2, 0) is 19.0 Å². The summed E-state index contributed by atoms with van der Waals surface area (Å²) in [6.45, 7) is 0. The minimum absolute atomic E-state index is 0.00554. The first-order valence-electron chi connectivity index (χ1n) is 9.35. The zero-order chi connectivity index (χ0) is 20.5. The highest BCUT2D eigenvalue weighted by molar-refractivity contribution is 9.10. The summed E-state index contributed by atoms with van der Waals surface area (Å²) < 4.78 is 17.6. The quantitative estimate of drug-likeness (QED) is 0.670. The lowest BCUT2D eigenvalue weighted by molar-refractivity contribution is -0.116. The maximum atomic E-state index is 12.6. The summed E-state index contributed by atoms with van der Waals surface area (Å²) >= 11 is 3.71. The van der Waals surface area contributed by atoms with Crippen LogP contribution in [0.4, 0.5) is 5.69 Å². The Morgan fingerprint density at radius 1 is 1.07 bits per heavy atom. The number of methoxy groups -OCH3 is 3. The van der Waals surface area contributed by atoms with E-state index in [1.54, 1.807) is 21.3 Å². The van der Waals surface area contributed by atoms with Gasteiger partial charge in [-0.1, -0.05) is 45.8 Å². The number of carbonyl (C=O) groups excluding carboxylic acids is 1. The number of allylic oxidation sites excluding steroid dienone is 3. The van der Waals surface area contributed by atoms with E-state index in [1.165, 1.54) is 0 Å². The Kier molecular flexibility index (Phi) is 5.37. The van der Waals surface area contributed by atoms with Crippen LogP contribution in [0.25, 0.3) is 10.8 Å². The number of benzene rings is 2. The molecule has 29 heavy (non-hydrogen) atoms. The summed E-state index contributed by atoms with van der Waals surface area (Å²) in [6.07, 6.45) is 4.94. The summed E-state index contributed by atoms with van der Waals surface area (Å²) in [4.78, 5) is 12.6. The van der Waals surface area contributed by atoms with Crippen molar-refractivity contribution in [1.82, 2.24) is 0 Å². The Morgan fingerprint density at radius 2 is 1.83 bits per heavy atom. The average Bonchev–Trinajstić information content (AvgIpc) is 2.92. The molecule has 0 aromatic heterocycles. The first kappa shape index (κ1) is 19.6. The molecular formula is C23H22BrNO4. The Bertz CT molecular complexity index is 1080. The van der Waals surface area contributed by atoms with Gasteiger partial charge in [0.25, 0.3) is 0 Å². The van der Waals surface area contributed by atoms with Crippen molar-refractivity contribution >= 4 is 38.3 Å². The minimum Gasteiger partial charge on any atom is -0.493 e. The predicted octanol–water partition coefficient (Wildman–Crippen LogP) is 5.39. The predicted molar refractivity (Wildman–Crippen MR) is 116 cm³/mol. The lowest BCUT2D eigenvalue weighted by atomic mass is 9.81. The fourth-order valence-corrected chi connectivity index (χ4v) is 4.66. The second kappa shape index (κ2) is 7.95. The molecule has 2 aromatic carbocycles. The molecule has 1 aliphatic carbocycles. The third-order valence-corrected chi connectivity index (χ3v) is 6.09. The fourth-order valence-electron chi connectivity index (χ4n) is 4.07. The number of hydrogen-bond donors (Lipinski definition) is 1. The van der Waals surface area contributed by atoms with Crippen LogP contribution in [0.5, 0.6) is 0 Å². The van der Waals surface area contributed by atoms with Crippen LogP contribution in [0.3, 0.4) is 0 Å². The Hall–Kier alpha value is -2.73. The molecule has 0 bridgehead atoms. The van der Waals surface area contributed by atoms with Crippen LogP contribution in [0.2, 0.25) is 0 Å². The summed E-state index contributed by atoms with van der Waals surface area (Å²) in [5.41, 5.74) is 3.04. The van der Waals surface area contributed by atoms with Crippen LogP contribution in [0.1, 0.15) is 24.3 Å². The van der Waals surface area contributed by atoms with Crippen molar-refractivity contribution in [2.24, 2.45) is 0 Å². The maximum Gasteiger partial charge on any atom is 0.225 e. The molecule has 6 heteroatoms. The Morgan fingerprint density at radius 3 is 2.52 bits per heavy atom. The largest absolute Gasteiger partial charge is 0.493 e. The van der Waals surface area contributed by atoms with Gasteiger partial charge < -0.3 is 19.5 Å². The Labute approximate surface area is 178 Å². The van der Waals surface area contributed by atoms with Crippen molar-refractivity contribution in [2.45, 2.75) is 18.8 Å². The zero-order valence-electron chi connectivity index (χ0n) is 16.5. The standard InChI is InChI=1S/C23H22BrNO4/c1-27-19-9-8-13(10-20(28-2)23(19)29-3)16-12-21(26)25-22-15-7-5-4-6-14(15)18(24)11-17(16)22/h4-7,9-11,16H,8,12H2,1-3H3,(H,25,26). The maximum absolute atomic E-state index is 12.6. The SMILES string of the molecule is COC1=CCC(C2CC(=O)Nc3c2cc(Br)c2ccccc32)=CC(OC)=C1OC. The molecule has 1 heterocycles. The molecule has 1 unspecified atom stereocenters. The van der Waals surface area contributed by atoms with Gasteiger partial charge in [-0.2, -0.15) is 0 Å². The van der Waals surface area contributed by atoms with Gasteiger partial charge in [0, 0.05) is 22.2 Å². The summed E-state index contributed by atoms with van der Waals surface area (Å²) in [7, 11) is 4.80. The van der Waals surface area contributed by atoms with Crippen molar-refractivity contribution in [3.8, 4) is 0 Å². The molecule has 1 atom stereocenters. The topological polar surface area (TPSA) is 56.8 Å². The molecule has 4 rings (SSSR count). The molecule has 1 aliphatic heterocycles. The van der Waals surface area contributed by atoms with Gasteiger partial charge in [-0.05, 0) is 35.6 Å². The highest BCUT2D eigenvalue weighted by Gasteiger charge is 2.31. The first-order valence-corrected chi connectivity index (χ1v) is 10.1. The fraction of sp³-hybridized carbons (Fsp3) is 0.261. The second-order valence-electron chi connectivity index (χ2n) is 6.97. The smallest absolute Gasteiger partial charge is 0.225 e. The normalized spacial score (nSPS) is 19.0. The van der Waals surface area contributed by atoms with Gasteiger partial charge in [-0.25, -0.2) is 0 Å². The minimum atomic E-state index is -0.0737. The van der Waals surface area contributed by atoms with Crippen LogP contribution in [0.15, 0.2) is 69.8 Å². The van der Waals surface area contributed by atoms with Gasteiger partial charge in [0.05, 0.1) is 27.0 Å². The van der Waals surface area contributed by atoms with Gasteiger partial charge in [0.15, 0.2) is 11.5 Å². The lowest BCUT2D eigenvalue weighted by Gasteiger charge is -2.29. The second-order valence-corrected chi connectivity index (χ2v) is 7.82. The van der Waals surface area contributed by atoms with Crippen molar-refractivity contribution in [2.75, 3.05) is 26.6 Å². The molecule has 2 aromatic rings. The highest BCUT2D eigenvalue weighted by atomic mass is 79.9. The monoisotopic (exact) mass is 455 g/mol. The number of ether oxygens (including phenoxy) is 3. The van der Waals surface area contributed by atoms with E-state index in [1.807, 2.05) is 36.4 Å². The van der Waals surface area contributed by atoms with E-state index in [4.69, 9.17) is 14.2 Å². The van der Waals surface area contributed by atoms with E-state index in [-0.39, 0.29) is 11.8 Å². The number of halogens is 1. The van der Waals surface area contributed by atoms with E-state index in [0.717, 1.165) is 32.1 Å². The zero-order valence-corrected chi connectivity index (χ0v) is 18.1. The molecule has 5 nitrogen and oxygen atoms in total. The van der Waals surface area contributed by atoms with Crippen molar-refractivity contribution < 1.29 is 19.0 Å². The van der Waals surface area contributed by atoms with Gasteiger partial charge in [0.1, 0.15) is 0 Å². The number of nitrogens with one attached hydrogen (secondary N) is 1. The number of hydrogen-bond acceptors (Lipinski definition) is 4. The van der Waals surface area contributed by atoms with Crippen LogP contribution in [-0.4, -0.2) is 27.2 Å². The van der Waals surface area contributed by atoms with E-state index in [0.29, 0.717) is 30.1 Å². The van der Waals surface area contributed by atoms with Crippen LogP contribution in [0, 0.1) is 0 Å². The molecule has 1 amide bonds. The molecule has 0 saturated carbocycles. The van der Waals surface area contributed by atoms with Crippen LogP contribution < -0.4 is 5.32 Å². The number of amides is 1. The van der Waals surface area contributed by atoms with E-state index < -0.39 is 0 Å². The molecule has 0 saturated heterocycles. The van der Waals surface area contributed by atoms with E-state index >= 15 is 0 Å². The molecule has 0 fully saturated rings. The molecule has 0 radical (unpaired) electrons. The number of rotatable bonds is 4. The highest BCUT2D eigenvalue weighted by Crippen LogP contribution is 2.45. The molecule has 0 spiro atoms. The van der Waals surface area contributed by atoms with Gasteiger partial charge in [-0.15, -0.1) is 0 Å². The molecule has 1 N–H and O–H groups in total. The molecule has 2 aliphatic rings. The summed E-state index contributed by atoms with van der Waals surface area (Å²) in [5, 5.41) is 5.18. The summed E-state index contributed by atoms with van der Waals surface area (Å²) in [5.74, 6) is 1.68.